The van der Waals surface area contributed by atoms with Crippen LogP contribution in [-0.2, 0) is 22.5 Å². The van der Waals surface area contributed by atoms with E-state index in [2.05, 4.69) is 24.8 Å². The molecule has 20 heavy (non-hydrogen) atoms. The first kappa shape index (κ1) is 15.0. The van der Waals surface area contributed by atoms with E-state index in [1.807, 2.05) is 18.2 Å². The minimum Gasteiger partial charge on any atom is -0.469 e. The van der Waals surface area contributed by atoms with E-state index in [0.29, 0.717) is 12.5 Å². The molecule has 2 unspecified atom stereocenters. The molecule has 0 bridgehead atoms. The quantitative estimate of drug-likeness (QED) is 0.791. The number of likely N-dealkylation sites (tertiary alicyclic amines) is 1. The van der Waals surface area contributed by atoms with Gasteiger partial charge in [0.05, 0.1) is 13.5 Å². The Hall–Kier alpha value is -1.35. The normalized spacial score (nSPS) is 23.6. The molecule has 0 aliphatic carbocycles. The highest BCUT2D eigenvalue weighted by Gasteiger charge is 2.23. The number of carbonyl (C=O) groups excluding carboxylic acids is 1. The van der Waals surface area contributed by atoms with Crippen molar-refractivity contribution < 1.29 is 9.53 Å². The van der Waals surface area contributed by atoms with Crippen molar-refractivity contribution in [2.75, 3.05) is 13.7 Å². The third kappa shape index (κ3) is 3.83. The van der Waals surface area contributed by atoms with Crippen molar-refractivity contribution in [3.63, 3.8) is 0 Å². The lowest BCUT2D eigenvalue weighted by molar-refractivity contribution is -0.139. The minimum absolute atomic E-state index is 0.169. The molecule has 3 nitrogen and oxygen atoms in total. The molecule has 110 valence electrons. The molecule has 1 saturated heterocycles. The topological polar surface area (TPSA) is 29.5 Å². The number of piperidine rings is 1. The molecule has 2 atom stereocenters. The van der Waals surface area contributed by atoms with Crippen LogP contribution < -0.4 is 0 Å². The van der Waals surface area contributed by atoms with Crippen LogP contribution in [0.1, 0.15) is 37.8 Å². The fraction of sp³-hybridized carbons (Fsp3) is 0.588. The fourth-order valence-corrected chi connectivity index (χ4v) is 2.93. The van der Waals surface area contributed by atoms with E-state index in [-0.39, 0.29) is 5.97 Å². The summed E-state index contributed by atoms with van der Waals surface area (Å²) in [5.41, 5.74) is 2.34. The van der Waals surface area contributed by atoms with Crippen molar-refractivity contribution in [3.05, 3.63) is 35.4 Å². The van der Waals surface area contributed by atoms with E-state index in [1.54, 1.807) is 0 Å². The van der Waals surface area contributed by atoms with Gasteiger partial charge in [0, 0.05) is 19.1 Å². The van der Waals surface area contributed by atoms with Crippen molar-refractivity contribution in [1.82, 2.24) is 4.90 Å². The van der Waals surface area contributed by atoms with Gasteiger partial charge in [0.15, 0.2) is 0 Å². The number of carbonyl (C=O) groups is 1. The minimum atomic E-state index is -0.169. The van der Waals surface area contributed by atoms with Crippen LogP contribution in [0.5, 0.6) is 0 Å². The van der Waals surface area contributed by atoms with Crippen molar-refractivity contribution in [1.29, 1.82) is 0 Å². The Balaban J connectivity index is 2.10. The maximum Gasteiger partial charge on any atom is 0.309 e. The summed E-state index contributed by atoms with van der Waals surface area (Å²) in [5, 5.41) is 0. The molecule has 0 amide bonds. The number of hydrogen-bond donors (Lipinski definition) is 0. The largest absolute Gasteiger partial charge is 0.469 e. The maximum atomic E-state index is 11.5. The lowest BCUT2D eigenvalue weighted by Crippen LogP contribution is -2.40. The summed E-state index contributed by atoms with van der Waals surface area (Å²) in [6, 6.07) is 8.82. The number of hydrogen-bond acceptors (Lipinski definition) is 3. The molecule has 0 saturated carbocycles. The molecule has 0 N–H and O–H groups in total. The van der Waals surface area contributed by atoms with Crippen molar-refractivity contribution in [2.24, 2.45) is 5.92 Å². The van der Waals surface area contributed by atoms with Crippen LogP contribution in [0, 0.1) is 5.92 Å². The van der Waals surface area contributed by atoms with E-state index >= 15 is 0 Å². The highest BCUT2D eigenvalue weighted by molar-refractivity contribution is 5.72. The third-order valence-corrected chi connectivity index (χ3v) is 4.30. The number of esters is 1. The molecular formula is C17H25NO2. The van der Waals surface area contributed by atoms with Crippen molar-refractivity contribution in [2.45, 2.75) is 45.7 Å². The second-order valence-electron chi connectivity index (χ2n) is 5.98. The zero-order valence-corrected chi connectivity index (χ0v) is 12.8. The summed E-state index contributed by atoms with van der Waals surface area (Å²) in [5.74, 6) is 0.594. The Morgan fingerprint density at radius 3 is 2.65 bits per heavy atom. The molecule has 1 aromatic carbocycles. The molecule has 1 heterocycles. The monoisotopic (exact) mass is 275 g/mol. The van der Waals surface area contributed by atoms with E-state index in [9.17, 15) is 4.79 Å². The molecule has 0 radical (unpaired) electrons. The van der Waals surface area contributed by atoms with Crippen LogP contribution >= 0.6 is 0 Å². The summed E-state index contributed by atoms with van der Waals surface area (Å²) in [6.07, 6.45) is 2.95. The third-order valence-electron chi connectivity index (χ3n) is 4.30. The van der Waals surface area contributed by atoms with E-state index in [0.717, 1.165) is 24.6 Å². The number of rotatable bonds is 4. The lowest BCUT2D eigenvalue weighted by atomic mass is 9.94. The maximum absolute atomic E-state index is 11.5. The Bertz CT molecular complexity index is 458. The molecular weight excluding hydrogens is 250 g/mol. The van der Waals surface area contributed by atoms with Crippen LogP contribution in [0.25, 0.3) is 0 Å². The summed E-state index contributed by atoms with van der Waals surface area (Å²) < 4.78 is 4.78. The fourth-order valence-electron chi connectivity index (χ4n) is 2.93. The van der Waals surface area contributed by atoms with E-state index < -0.39 is 0 Å². The van der Waals surface area contributed by atoms with Gasteiger partial charge < -0.3 is 4.74 Å². The zero-order chi connectivity index (χ0) is 14.5. The molecule has 2 rings (SSSR count). The second-order valence-corrected chi connectivity index (χ2v) is 5.98. The van der Waals surface area contributed by atoms with Crippen LogP contribution in [-0.4, -0.2) is 30.6 Å². The lowest BCUT2D eigenvalue weighted by Gasteiger charge is -2.37. The number of methoxy groups -OCH3 is 1. The summed E-state index contributed by atoms with van der Waals surface area (Å²) in [6.45, 7) is 6.69. The van der Waals surface area contributed by atoms with E-state index in [4.69, 9.17) is 4.74 Å². The molecule has 0 aromatic heterocycles. The van der Waals surface area contributed by atoms with Gasteiger partial charge in [0.1, 0.15) is 0 Å². The van der Waals surface area contributed by atoms with Gasteiger partial charge in [-0.2, -0.15) is 0 Å². The summed E-state index contributed by atoms with van der Waals surface area (Å²) in [4.78, 5) is 14.0. The number of nitrogens with zero attached hydrogens (tertiary/aromatic N) is 1. The van der Waals surface area contributed by atoms with Gasteiger partial charge in [-0.1, -0.05) is 31.2 Å². The first-order chi connectivity index (χ1) is 9.60. The molecule has 1 fully saturated rings. The molecule has 1 aliphatic rings. The average Bonchev–Trinajstić information content (AvgIpc) is 2.44. The molecule has 0 spiro atoms. The Kier molecular flexibility index (Phi) is 5.18. The van der Waals surface area contributed by atoms with Gasteiger partial charge >= 0.3 is 5.97 Å². The summed E-state index contributed by atoms with van der Waals surface area (Å²) >= 11 is 0. The standard InChI is InChI=1S/C17H25NO2/c1-13-8-9-14(2)18(11-13)12-16-7-5-4-6-15(16)10-17(19)20-3/h4-7,13-14H,8-12H2,1-3H3. The molecule has 3 heteroatoms. The van der Waals surface area contributed by atoms with Crippen LogP contribution in [0.4, 0.5) is 0 Å². The van der Waals surface area contributed by atoms with Gasteiger partial charge in [-0.25, -0.2) is 0 Å². The van der Waals surface area contributed by atoms with Gasteiger partial charge in [0.25, 0.3) is 0 Å². The SMILES string of the molecule is COC(=O)Cc1ccccc1CN1CC(C)CCC1C. The smallest absolute Gasteiger partial charge is 0.309 e. The highest BCUT2D eigenvalue weighted by atomic mass is 16.5. The first-order valence-corrected chi connectivity index (χ1v) is 7.47. The summed E-state index contributed by atoms with van der Waals surface area (Å²) in [7, 11) is 1.44. The Morgan fingerprint density at radius 1 is 1.25 bits per heavy atom. The zero-order valence-electron chi connectivity index (χ0n) is 12.8. The van der Waals surface area contributed by atoms with Crippen molar-refractivity contribution >= 4 is 5.97 Å². The van der Waals surface area contributed by atoms with Gasteiger partial charge in [0.2, 0.25) is 0 Å². The number of benzene rings is 1. The van der Waals surface area contributed by atoms with E-state index in [1.165, 1.54) is 25.5 Å². The van der Waals surface area contributed by atoms with Crippen LogP contribution in [0.15, 0.2) is 24.3 Å². The average molecular weight is 275 g/mol. The van der Waals surface area contributed by atoms with Gasteiger partial charge in [-0.05, 0) is 36.8 Å². The molecule has 1 aliphatic heterocycles. The first-order valence-electron chi connectivity index (χ1n) is 7.47. The number of ether oxygens (including phenoxy) is 1. The predicted octanol–water partition coefficient (Wildman–Crippen LogP) is 3.02. The van der Waals surface area contributed by atoms with Gasteiger partial charge in [-0.3, -0.25) is 9.69 Å². The van der Waals surface area contributed by atoms with Crippen LogP contribution in [0.2, 0.25) is 0 Å². The Morgan fingerprint density at radius 2 is 1.95 bits per heavy atom. The Labute approximate surface area is 121 Å². The van der Waals surface area contributed by atoms with Crippen molar-refractivity contribution in [3.8, 4) is 0 Å². The van der Waals surface area contributed by atoms with Crippen LogP contribution in [0.3, 0.4) is 0 Å². The highest BCUT2D eigenvalue weighted by Crippen LogP contribution is 2.24. The predicted molar refractivity (Wildman–Crippen MR) is 80.4 cm³/mol. The van der Waals surface area contributed by atoms with Gasteiger partial charge in [-0.15, -0.1) is 0 Å². The molecule has 1 aromatic rings. The second kappa shape index (κ2) is 6.89.